The van der Waals surface area contributed by atoms with Crippen LogP contribution < -0.4 is 10.6 Å². The average molecular weight is 800 g/mol. The molecular formula is C53H93N5. The van der Waals surface area contributed by atoms with E-state index in [2.05, 4.69) is 39.2 Å². The minimum atomic E-state index is 0.443. The van der Waals surface area contributed by atoms with Gasteiger partial charge in [-0.2, -0.15) is 0 Å². The van der Waals surface area contributed by atoms with Crippen LogP contribution in [0.4, 0.5) is 0 Å². The van der Waals surface area contributed by atoms with Crippen molar-refractivity contribution in [3.8, 4) is 0 Å². The molecule has 2 N–H and O–H groups in total. The zero-order chi connectivity index (χ0) is 39.1. The second-order valence-corrected chi connectivity index (χ2v) is 23.8. The van der Waals surface area contributed by atoms with Gasteiger partial charge in [-0.1, -0.05) is 90.9 Å². The summed E-state index contributed by atoms with van der Waals surface area (Å²) in [6, 6.07) is 7.77. The van der Waals surface area contributed by atoms with Crippen LogP contribution in [0.2, 0.25) is 0 Å². The topological polar surface area (TPSA) is 33.8 Å². The summed E-state index contributed by atoms with van der Waals surface area (Å²) >= 11 is 0. The molecule has 330 valence electrons. The number of hydrogen-bond donors (Lipinski definition) is 2. The van der Waals surface area contributed by atoms with Gasteiger partial charge >= 0.3 is 0 Å². The summed E-state index contributed by atoms with van der Waals surface area (Å²) in [5, 5.41) is 7.77. The highest BCUT2D eigenvalue weighted by atomic mass is 15.3. The van der Waals surface area contributed by atoms with Crippen LogP contribution in [0.5, 0.6) is 0 Å². The standard InChI is InChI=1S/C53H93N5/c1-53(2)48-36-44(56(39-16-7-3-8-17-39)40-18-9-4-10-19-40)29-31-50(48)58(42-22-13-6-14-23-42)51-32-30-45(37-49(51)53)57(41-20-11-5-12-21-41)43-27-25-38(26-28-43)46-33-35-55-52-47(46)24-15-34-54-52/h38-52,54-55H,3-37H2,1-2H3. The van der Waals surface area contributed by atoms with Crippen LogP contribution in [0.3, 0.4) is 0 Å². The minimum Gasteiger partial charge on any atom is -0.302 e. The van der Waals surface area contributed by atoms with Gasteiger partial charge in [-0.3, -0.25) is 14.7 Å². The van der Waals surface area contributed by atoms with E-state index in [-0.39, 0.29) is 0 Å². The molecule has 3 heterocycles. The zero-order valence-corrected chi connectivity index (χ0v) is 38.3. The molecule has 10 fully saturated rings. The summed E-state index contributed by atoms with van der Waals surface area (Å²) in [6.45, 7) is 8.22. The van der Waals surface area contributed by atoms with E-state index in [1.165, 1.54) is 225 Å². The fraction of sp³-hybridized carbons (Fsp3) is 1.00. The van der Waals surface area contributed by atoms with Gasteiger partial charge < -0.3 is 10.6 Å². The van der Waals surface area contributed by atoms with Gasteiger partial charge in [0.05, 0.1) is 6.17 Å². The quantitative estimate of drug-likeness (QED) is 0.256. The lowest BCUT2D eigenvalue weighted by molar-refractivity contribution is -0.165. The maximum Gasteiger partial charge on any atom is 0.0603 e. The average Bonchev–Trinajstić information content (AvgIpc) is 3.28. The summed E-state index contributed by atoms with van der Waals surface area (Å²) in [7, 11) is 0. The van der Waals surface area contributed by atoms with Gasteiger partial charge in [-0.25, -0.2) is 0 Å². The maximum atomic E-state index is 3.89. The number of likely N-dealkylation sites (tertiary alicyclic amines) is 1. The van der Waals surface area contributed by atoms with E-state index in [1.807, 2.05) is 0 Å². The van der Waals surface area contributed by atoms with Crippen molar-refractivity contribution in [3.63, 3.8) is 0 Å². The van der Waals surface area contributed by atoms with Crippen LogP contribution in [-0.4, -0.2) is 88.3 Å². The lowest BCUT2D eigenvalue weighted by Gasteiger charge is -2.66. The molecular weight excluding hydrogens is 707 g/mol. The molecule has 7 aliphatic carbocycles. The monoisotopic (exact) mass is 800 g/mol. The summed E-state index contributed by atoms with van der Waals surface area (Å²) in [6.07, 6.45) is 49.9. The molecule has 10 aliphatic rings. The molecule has 58 heavy (non-hydrogen) atoms. The number of hydrogen-bond acceptors (Lipinski definition) is 5. The third-order valence-corrected chi connectivity index (χ3v) is 20.7. The molecule has 0 aromatic rings. The third kappa shape index (κ3) is 8.45. The lowest BCUT2D eigenvalue weighted by atomic mass is 9.52. The molecule has 10 rings (SSSR count). The van der Waals surface area contributed by atoms with Crippen molar-refractivity contribution in [2.24, 2.45) is 35.0 Å². The molecule has 5 nitrogen and oxygen atoms in total. The van der Waals surface area contributed by atoms with E-state index in [9.17, 15) is 0 Å². The summed E-state index contributed by atoms with van der Waals surface area (Å²) in [5.74, 6) is 4.58. The number of fused-ring (bicyclic) bond motifs is 3. The molecule has 0 aromatic heterocycles. The van der Waals surface area contributed by atoms with Crippen molar-refractivity contribution in [1.29, 1.82) is 0 Å². The van der Waals surface area contributed by atoms with E-state index >= 15 is 0 Å². The van der Waals surface area contributed by atoms with Crippen molar-refractivity contribution in [2.75, 3.05) is 13.1 Å². The molecule has 9 unspecified atom stereocenters. The van der Waals surface area contributed by atoms with Crippen LogP contribution in [0.15, 0.2) is 0 Å². The normalized spacial score (nSPS) is 43.1. The largest absolute Gasteiger partial charge is 0.302 e. The van der Waals surface area contributed by atoms with Crippen molar-refractivity contribution < 1.29 is 0 Å². The van der Waals surface area contributed by atoms with Gasteiger partial charge in [0.2, 0.25) is 0 Å². The van der Waals surface area contributed by atoms with Gasteiger partial charge in [0.1, 0.15) is 0 Å². The van der Waals surface area contributed by atoms with E-state index in [0.29, 0.717) is 11.6 Å². The Labute approximate surface area is 358 Å². The Morgan fingerprint density at radius 3 is 1.36 bits per heavy atom. The smallest absolute Gasteiger partial charge is 0.0603 e. The van der Waals surface area contributed by atoms with Crippen molar-refractivity contribution >= 4 is 0 Å². The van der Waals surface area contributed by atoms with E-state index in [4.69, 9.17) is 0 Å². The van der Waals surface area contributed by atoms with Gasteiger partial charge in [0.15, 0.2) is 0 Å². The lowest BCUT2D eigenvalue weighted by Crippen LogP contribution is -2.69. The summed E-state index contributed by atoms with van der Waals surface area (Å²) < 4.78 is 0. The Hall–Kier alpha value is -0.200. The molecule has 0 radical (unpaired) electrons. The molecule has 7 saturated carbocycles. The van der Waals surface area contributed by atoms with Crippen LogP contribution in [0.25, 0.3) is 0 Å². The highest BCUT2D eigenvalue weighted by Crippen LogP contribution is 2.58. The molecule has 0 amide bonds. The van der Waals surface area contributed by atoms with Crippen LogP contribution in [0, 0.1) is 35.0 Å². The Bertz CT molecular complexity index is 1250. The fourth-order valence-corrected chi connectivity index (χ4v) is 18.1. The van der Waals surface area contributed by atoms with Gasteiger partial charge in [-0.15, -0.1) is 0 Å². The Kier molecular flexibility index (Phi) is 13.6. The number of nitrogens with zero attached hydrogens (tertiary/aromatic N) is 3. The van der Waals surface area contributed by atoms with Gasteiger partial charge in [0, 0.05) is 54.4 Å². The first kappa shape index (κ1) is 41.8. The first-order chi connectivity index (χ1) is 28.5. The second kappa shape index (κ2) is 18.9. The molecule has 0 spiro atoms. The number of rotatable bonds is 8. The fourth-order valence-electron chi connectivity index (χ4n) is 18.1. The van der Waals surface area contributed by atoms with Crippen molar-refractivity contribution in [1.82, 2.24) is 25.3 Å². The summed E-state index contributed by atoms with van der Waals surface area (Å²) in [5.41, 5.74) is 0.443. The molecule has 9 atom stereocenters. The Morgan fingerprint density at radius 1 is 0.397 bits per heavy atom. The Morgan fingerprint density at radius 2 is 0.845 bits per heavy atom. The summed E-state index contributed by atoms with van der Waals surface area (Å²) in [4.78, 5) is 10.1. The highest BCUT2D eigenvalue weighted by molar-refractivity contribution is 5.12. The molecule has 0 aromatic carbocycles. The van der Waals surface area contributed by atoms with E-state index in [0.717, 1.165) is 84.0 Å². The predicted octanol–water partition coefficient (Wildman–Crippen LogP) is 11.8. The van der Waals surface area contributed by atoms with Crippen LogP contribution in [0.1, 0.15) is 226 Å². The van der Waals surface area contributed by atoms with Crippen LogP contribution >= 0.6 is 0 Å². The maximum absolute atomic E-state index is 3.89. The molecule has 5 heteroatoms. The number of piperidine rings is 3. The van der Waals surface area contributed by atoms with Crippen molar-refractivity contribution in [3.05, 3.63) is 0 Å². The Balaban J connectivity index is 0.901. The first-order valence-corrected chi connectivity index (χ1v) is 27.3. The molecule has 3 saturated heterocycles. The molecule has 0 bridgehead atoms. The van der Waals surface area contributed by atoms with Crippen LogP contribution in [-0.2, 0) is 0 Å². The highest BCUT2D eigenvalue weighted by Gasteiger charge is 2.59. The van der Waals surface area contributed by atoms with Crippen molar-refractivity contribution in [2.45, 2.75) is 286 Å². The minimum absolute atomic E-state index is 0.443. The number of nitrogens with one attached hydrogen (secondary N) is 2. The molecule has 3 aliphatic heterocycles. The first-order valence-electron chi connectivity index (χ1n) is 27.3. The van der Waals surface area contributed by atoms with E-state index in [1.54, 1.807) is 0 Å². The van der Waals surface area contributed by atoms with Gasteiger partial charge in [0.25, 0.3) is 0 Å². The second-order valence-electron chi connectivity index (χ2n) is 23.8. The third-order valence-electron chi connectivity index (χ3n) is 20.7. The van der Waals surface area contributed by atoms with Gasteiger partial charge in [-0.05, 0) is 183 Å². The zero-order valence-electron chi connectivity index (χ0n) is 38.3. The predicted molar refractivity (Wildman–Crippen MR) is 243 cm³/mol. The SMILES string of the molecule is CC1(C)C2CC(N(C3CCCCC3)C3CCCCC3)CCC2N(C2CCCCC2)C2CCC(N(C3CCCCC3)C3CCC(C4CCNC5NCCCC54)CC3)CC21. The van der Waals surface area contributed by atoms with E-state index < -0.39 is 0 Å².